The highest BCUT2D eigenvalue weighted by Gasteiger charge is 2.78. The van der Waals surface area contributed by atoms with Crippen LogP contribution >= 0.6 is 0 Å². The first-order valence-electron chi connectivity index (χ1n) is 13.2. The van der Waals surface area contributed by atoms with Crippen LogP contribution in [-0.4, -0.2) is 29.7 Å². The van der Waals surface area contributed by atoms with E-state index in [9.17, 15) is 0 Å². The number of quaternary nitrogens is 1. The van der Waals surface area contributed by atoms with Crippen LogP contribution in [0, 0.1) is 17.8 Å². The van der Waals surface area contributed by atoms with Crippen LogP contribution in [0.2, 0.25) is 0 Å². The number of halogens is 1. The first-order chi connectivity index (χ1) is 15.6. The lowest BCUT2D eigenvalue weighted by Crippen LogP contribution is -3.00. The van der Waals surface area contributed by atoms with Crippen molar-refractivity contribution in [3.05, 3.63) is 71.8 Å². The molecular formula is C30H42BrNO. The Morgan fingerprint density at radius 3 is 2.33 bits per heavy atom. The number of benzene rings is 2. The van der Waals surface area contributed by atoms with Gasteiger partial charge in [0.1, 0.15) is 18.6 Å². The molecule has 1 aliphatic carbocycles. The molecular weight excluding hydrogens is 470 g/mol. The van der Waals surface area contributed by atoms with Crippen molar-refractivity contribution >= 4 is 0 Å². The zero-order valence-corrected chi connectivity index (χ0v) is 22.4. The quantitative estimate of drug-likeness (QED) is 0.365. The minimum atomic E-state index is -0.147. The van der Waals surface area contributed by atoms with Crippen molar-refractivity contribution in [2.75, 3.05) is 19.7 Å². The van der Waals surface area contributed by atoms with E-state index in [1.165, 1.54) is 60.7 Å². The molecule has 2 heterocycles. The summed E-state index contributed by atoms with van der Waals surface area (Å²) in [6, 6.07) is 22.6. The molecule has 3 aliphatic rings. The van der Waals surface area contributed by atoms with E-state index >= 15 is 0 Å². The molecule has 3 fully saturated rings. The lowest BCUT2D eigenvalue weighted by atomic mass is 9.73. The van der Waals surface area contributed by atoms with E-state index < -0.39 is 0 Å². The highest BCUT2D eigenvalue weighted by atomic mass is 79.9. The Balaban J connectivity index is 0.00000259. The SMILES string of the molecule is CCCCCCO[C@]1(c2ccccc2)C[N@+]2(Cc3ccccc3)C[C@@H](C)[C@@H]3CC[C@H]1[C@@]32C.[Br-]. The fourth-order valence-electron chi connectivity index (χ4n) is 8.36. The molecule has 0 bridgehead atoms. The van der Waals surface area contributed by atoms with Crippen LogP contribution in [0.1, 0.15) is 70.4 Å². The average Bonchev–Trinajstić information content (AvgIpc) is 3.35. The molecule has 0 amide bonds. The first kappa shape index (κ1) is 24.9. The molecule has 180 valence electrons. The average molecular weight is 513 g/mol. The molecule has 6 atom stereocenters. The molecule has 33 heavy (non-hydrogen) atoms. The maximum Gasteiger partial charge on any atom is 0.150 e. The summed E-state index contributed by atoms with van der Waals surface area (Å²) in [5.41, 5.74) is 3.06. The summed E-state index contributed by atoms with van der Waals surface area (Å²) >= 11 is 0. The van der Waals surface area contributed by atoms with Gasteiger partial charge in [0.2, 0.25) is 0 Å². The Bertz CT molecular complexity index is 904. The van der Waals surface area contributed by atoms with Crippen LogP contribution in [-0.2, 0) is 16.9 Å². The van der Waals surface area contributed by atoms with Crippen LogP contribution < -0.4 is 17.0 Å². The first-order valence-corrected chi connectivity index (χ1v) is 13.2. The van der Waals surface area contributed by atoms with Crippen molar-refractivity contribution in [1.29, 1.82) is 0 Å². The van der Waals surface area contributed by atoms with Gasteiger partial charge in [-0.15, -0.1) is 0 Å². The second-order valence-electron chi connectivity index (χ2n) is 11.2. The minimum Gasteiger partial charge on any atom is -1.00 e. The number of hydrogen-bond donors (Lipinski definition) is 0. The maximum absolute atomic E-state index is 7.14. The van der Waals surface area contributed by atoms with E-state index in [0.29, 0.717) is 11.5 Å². The van der Waals surface area contributed by atoms with Gasteiger partial charge in [-0.3, -0.25) is 0 Å². The van der Waals surface area contributed by atoms with E-state index in [2.05, 4.69) is 81.4 Å². The lowest BCUT2D eigenvalue weighted by molar-refractivity contribution is -0.968. The van der Waals surface area contributed by atoms with Crippen LogP contribution in [0.4, 0.5) is 0 Å². The van der Waals surface area contributed by atoms with Crippen molar-refractivity contribution < 1.29 is 26.2 Å². The van der Waals surface area contributed by atoms with E-state index in [1.54, 1.807) is 0 Å². The molecule has 0 spiro atoms. The van der Waals surface area contributed by atoms with Crippen molar-refractivity contribution in [1.82, 2.24) is 0 Å². The standard InChI is InChI=1S/C30H42NO.BrH/c1-4-5-6-13-20-32-30(26-16-11-8-12-17-26)23-31(22-25-14-9-7-10-15-25)21-24(2)27-18-19-28(30)29(27,31)3;/h7-12,14-17,24,27-28H,4-6,13,18-23H2,1-3H3;1H/q+1;/p-1/t24-,27+,28+,29-,30+,31-;/m1./s1. The largest absolute Gasteiger partial charge is 1.00 e. The third kappa shape index (κ3) is 3.93. The molecule has 5 rings (SSSR count). The van der Waals surface area contributed by atoms with E-state index in [1.807, 2.05) is 0 Å². The number of rotatable bonds is 9. The fraction of sp³-hybridized carbons (Fsp3) is 0.600. The summed E-state index contributed by atoms with van der Waals surface area (Å²) in [6.07, 6.45) is 7.74. The van der Waals surface area contributed by atoms with Gasteiger partial charge in [0.15, 0.2) is 5.60 Å². The molecule has 0 radical (unpaired) electrons. The molecule has 0 N–H and O–H groups in total. The summed E-state index contributed by atoms with van der Waals surface area (Å²) < 4.78 is 8.34. The van der Waals surface area contributed by atoms with Crippen LogP contribution in [0.15, 0.2) is 60.7 Å². The van der Waals surface area contributed by atoms with Crippen LogP contribution in [0.3, 0.4) is 0 Å². The second kappa shape index (κ2) is 9.84. The van der Waals surface area contributed by atoms with Crippen molar-refractivity contribution in [3.63, 3.8) is 0 Å². The smallest absolute Gasteiger partial charge is 0.150 e. The normalized spacial score (nSPS) is 36.5. The van der Waals surface area contributed by atoms with Crippen LogP contribution in [0.25, 0.3) is 0 Å². The van der Waals surface area contributed by atoms with Gasteiger partial charge in [0.25, 0.3) is 0 Å². The lowest BCUT2D eigenvalue weighted by Gasteiger charge is -2.43. The summed E-state index contributed by atoms with van der Waals surface area (Å²) in [7, 11) is 0. The molecule has 1 saturated carbocycles. The van der Waals surface area contributed by atoms with Crippen molar-refractivity contribution in [2.24, 2.45) is 17.8 Å². The molecule has 3 heteroatoms. The number of hydrogen-bond acceptors (Lipinski definition) is 1. The Morgan fingerprint density at radius 2 is 1.64 bits per heavy atom. The zero-order valence-electron chi connectivity index (χ0n) is 20.8. The van der Waals surface area contributed by atoms with Crippen molar-refractivity contribution in [2.45, 2.75) is 77.0 Å². The fourth-order valence-corrected chi connectivity index (χ4v) is 8.36. The topological polar surface area (TPSA) is 9.23 Å². The zero-order chi connectivity index (χ0) is 22.2. The van der Waals surface area contributed by atoms with Crippen LogP contribution in [0.5, 0.6) is 0 Å². The summed E-state index contributed by atoms with van der Waals surface area (Å²) in [5.74, 6) is 2.21. The monoisotopic (exact) mass is 511 g/mol. The molecule has 2 saturated heterocycles. The third-order valence-electron chi connectivity index (χ3n) is 9.62. The van der Waals surface area contributed by atoms with Crippen molar-refractivity contribution in [3.8, 4) is 0 Å². The molecule has 2 aromatic carbocycles. The van der Waals surface area contributed by atoms with E-state index in [4.69, 9.17) is 4.74 Å². The maximum atomic E-state index is 7.14. The number of unbranched alkanes of at least 4 members (excludes halogenated alkanes) is 3. The van der Waals surface area contributed by atoms with Gasteiger partial charge < -0.3 is 26.2 Å². The molecule has 2 aromatic rings. The Hall–Kier alpha value is -1.16. The van der Waals surface area contributed by atoms with Gasteiger partial charge in [0, 0.05) is 24.0 Å². The van der Waals surface area contributed by atoms with Gasteiger partial charge >= 0.3 is 0 Å². The Kier molecular flexibility index (Phi) is 7.44. The highest BCUT2D eigenvalue weighted by Crippen LogP contribution is 2.68. The van der Waals surface area contributed by atoms with E-state index in [0.717, 1.165) is 31.5 Å². The van der Waals surface area contributed by atoms with Gasteiger partial charge in [0.05, 0.1) is 12.5 Å². The molecule has 2 aliphatic heterocycles. The summed E-state index contributed by atoms with van der Waals surface area (Å²) in [6.45, 7) is 11.9. The van der Waals surface area contributed by atoms with Gasteiger partial charge in [-0.2, -0.15) is 0 Å². The number of nitrogens with zero attached hydrogens (tertiary/aromatic N) is 1. The minimum absolute atomic E-state index is 0. The summed E-state index contributed by atoms with van der Waals surface area (Å²) in [4.78, 5) is 0. The third-order valence-corrected chi connectivity index (χ3v) is 9.62. The predicted molar refractivity (Wildman–Crippen MR) is 132 cm³/mol. The van der Waals surface area contributed by atoms with Gasteiger partial charge in [-0.1, -0.05) is 93.8 Å². The summed E-state index contributed by atoms with van der Waals surface area (Å²) in [5, 5.41) is 0. The number of ether oxygens (including phenoxy) is 1. The van der Waals surface area contributed by atoms with Gasteiger partial charge in [-0.25, -0.2) is 0 Å². The van der Waals surface area contributed by atoms with Gasteiger partial charge in [-0.05, 0) is 31.7 Å². The molecule has 2 nitrogen and oxygen atoms in total. The Labute approximate surface area is 212 Å². The second-order valence-corrected chi connectivity index (χ2v) is 11.2. The highest BCUT2D eigenvalue weighted by molar-refractivity contribution is 5.30. The van der Waals surface area contributed by atoms with E-state index in [-0.39, 0.29) is 22.6 Å². The predicted octanol–water partition coefficient (Wildman–Crippen LogP) is 3.95. The molecule has 0 unspecified atom stereocenters. The Morgan fingerprint density at radius 1 is 0.939 bits per heavy atom. The molecule has 0 aromatic heterocycles.